The Labute approximate surface area is 206 Å². The van der Waals surface area contributed by atoms with Crippen molar-refractivity contribution in [3.8, 4) is 28.6 Å². The van der Waals surface area contributed by atoms with Crippen molar-refractivity contribution in [3.63, 3.8) is 0 Å². The number of para-hydroxylation sites is 1. The molecule has 2 aromatic carbocycles. The zero-order valence-electron chi connectivity index (χ0n) is 18.9. The smallest absolute Gasteiger partial charge is 0.247 e. The quantitative estimate of drug-likeness (QED) is 0.248. The number of benzene rings is 2. The first-order valence-corrected chi connectivity index (χ1v) is 12.8. The van der Waals surface area contributed by atoms with Gasteiger partial charge in [-0.15, -0.1) is 10.2 Å². The summed E-state index contributed by atoms with van der Waals surface area (Å²) in [6.45, 7) is 4.66. The summed E-state index contributed by atoms with van der Waals surface area (Å²) in [5, 5.41) is 12.9. The van der Waals surface area contributed by atoms with Crippen molar-refractivity contribution in [2.45, 2.75) is 44.5 Å². The van der Waals surface area contributed by atoms with Crippen LogP contribution in [0.4, 0.5) is 5.69 Å². The minimum atomic E-state index is -0.526. The number of thioether (sulfide) groups is 1. The number of methoxy groups -OCH3 is 1. The monoisotopic (exact) mass is 530 g/mol. The molecule has 0 saturated heterocycles. The molecule has 1 aliphatic heterocycles. The number of hydrogen-bond acceptors (Lipinski definition) is 8. The molecule has 1 atom stereocenters. The second-order valence-corrected chi connectivity index (χ2v) is 9.37. The number of nitrogens with one attached hydrogen (secondary N) is 1. The van der Waals surface area contributed by atoms with E-state index in [0.717, 1.165) is 33.5 Å². The van der Waals surface area contributed by atoms with E-state index in [-0.39, 0.29) is 0 Å². The molecule has 33 heavy (non-hydrogen) atoms. The number of hydrogen-bond donors (Lipinski definition) is 1. The van der Waals surface area contributed by atoms with E-state index in [1.54, 1.807) is 18.9 Å². The number of anilines is 1. The molecule has 9 heteroatoms. The lowest BCUT2D eigenvalue weighted by Crippen LogP contribution is -2.18. The summed E-state index contributed by atoms with van der Waals surface area (Å²) in [6, 6.07) is 11.7. The summed E-state index contributed by atoms with van der Waals surface area (Å²) in [5.74, 6) is 2.70. The van der Waals surface area contributed by atoms with E-state index < -0.39 is 6.23 Å². The van der Waals surface area contributed by atoms with Crippen molar-refractivity contribution in [2.75, 3.05) is 24.8 Å². The van der Waals surface area contributed by atoms with Gasteiger partial charge in [-0.1, -0.05) is 65.7 Å². The Morgan fingerprint density at radius 2 is 1.97 bits per heavy atom. The van der Waals surface area contributed by atoms with Crippen LogP contribution in [0.5, 0.6) is 17.4 Å². The SMILES string of the molecule is CCCCCSc1nnc2c(n1)O[C@@H](c1cc(OCC)c(OC)cc1Br)Nc1ccccc1-2. The first-order chi connectivity index (χ1) is 16.1. The lowest BCUT2D eigenvalue weighted by molar-refractivity contribution is 0.223. The van der Waals surface area contributed by atoms with Crippen molar-refractivity contribution < 1.29 is 14.2 Å². The van der Waals surface area contributed by atoms with E-state index in [9.17, 15) is 0 Å². The maximum Gasteiger partial charge on any atom is 0.247 e. The Morgan fingerprint density at radius 3 is 2.76 bits per heavy atom. The van der Waals surface area contributed by atoms with Crippen molar-refractivity contribution in [3.05, 3.63) is 46.4 Å². The number of nitrogens with zero attached hydrogens (tertiary/aromatic N) is 3. The van der Waals surface area contributed by atoms with Gasteiger partial charge in [0.1, 0.15) is 0 Å². The average molecular weight is 531 g/mol. The molecule has 2 heterocycles. The van der Waals surface area contributed by atoms with Crippen LogP contribution >= 0.6 is 27.7 Å². The van der Waals surface area contributed by atoms with E-state index in [1.807, 2.05) is 43.3 Å². The van der Waals surface area contributed by atoms with Crippen molar-refractivity contribution in [1.82, 2.24) is 15.2 Å². The molecule has 0 amide bonds. The van der Waals surface area contributed by atoms with Gasteiger partial charge in [-0.2, -0.15) is 4.98 Å². The van der Waals surface area contributed by atoms with Gasteiger partial charge in [0.2, 0.25) is 11.0 Å². The van der Waals surface area contributed by atoms with Crippen LogP contribution in [0.15, 0.2) is 46.0 Å². The van der Waals surface area contributed by atoms with Crippen LogP contribution in [0.2, 0.25) is 0 Å². The molecular formula is C24H27BrN4O3S. The summed E-state index contributed by atoms with van der Waals surface area (Å²) in [6.07, 6.45) is 2.96. The summed E-state index contributed by atoms with van der Waals surface area (Å²) in [4.78, 5) is 4.72. The number of halogens is 1. The van der Waals surface area contributed by atoms with E-state index >= 15 is 0 Å². The van der Waals surface area contributed by atoms with Gasteiger partial charge < -0.3 is 19.5 Å². The number of unbranched alkanes of at least 4 members (excludes halogenated alkanes) is 2. The fourth-order valence-corrected chi connectivity index (χ4v) is 4.85. The highest BCUT2D eigenvalue weighted by Gasteiger charge is 2.28. The van der Waals surface area contributed by atoms with Crippen molar-refractivity contribution >= 4 is 33.4 Å². The Kier molecular flexibility index (Phi) is 7.93. The van der Waals surface area contributed by atoms with E-state index in [4.69, 9.17) is 19.2 Å². The van der Waals surface area contributed by atoms with E-state index in [0.29, 0.717) is 34.8 Å². The summed E-state index contributed by atoms with van der Waals surface area (Å²) < 4.78 is 18.5. The summed E-state index contributed by atoms with van der Waals surface area (Å²) >= 11 is 5.27. The summed E-state index contributed by atoms with van der Waals surface area (Å²) in [7, 11) is 1.62. The zero-order chi connectivity index (χ0) is 23.2. The first kappa shape index (κ1) is 23.6. The molecular weight excluding hydrogens is 504 g/mol. The molecule has 0 radical (unpaired) electrons. The maximum atomic E-state index is 6.42. The van der Waals surface area contributed by atoms with Gasteiger partial charge in [0.25, 0.3) is 0 Å². The molecule has 0 aliphatic carbocycles. The highest BCUT2D eigenvalue weighted by atomic mass is 79.9. The van der Waals surface area contributed by atoms with Gasteiger partial charge in [-0.25, -0.2) is 0 Å². The minimum absolute atomic E-state index is 0.450. The van der Waals surface area contributed by atoms with Gasteiger partial charge in [-0.05, 0) is 31.5 Å². The fourth-order valence-electron chi connectivity index (χ4n) is 3.54. The molecule has 4 rings (SSSR count). The standard InChI is InChI=1S/C24H27BrN4O3S/c1-4-6-9-12-33-24-27-23-21(28-29-24)15-10-7-8-11-18(15)26-22(32-23)16-13-20(31-5-2)19(30-3)14-17(16)25/h7-8,10-11,13-14,22,26H,4-6,9,12H2,1-3H3/t22-/m0/s1. The van der Waals surface area contributed by atoms with Crippen LogP contribution in [-0.4, -0.2) is 34.7 Å². The Morgan fingerprint density at radius 1 is 1.12 bits per heavy atom. The van der Waals surface area contributed by atoms with Crippen molar-refractivity contribution in [2.24, 2.45) is 0 Å². The average Bonchev–Trinajstić information content (AvgIpc) is 2.99. The zero-order valence-corrected chi connectivity index (χ0v) is 21.3. The van der Waals surface area contributed by atoms with Crippen LogP contribution < -0.4 is 19.5 Å². The van der Waals surface area contributed by atoms with Gasteiger partial charge >= 0.3 is 0 Å². The van der Waals surface area contributed by atoms with Gasteiger partial charge in [0, 0.05) is 27.0 Å². The molecule has 174 valence electrons. The molecule has 3 aromatic rings. The summed E-state index contributed by atoms with van der Waals surface area (Å²) in [5.41, 5.74) is 3.26. The Bertz CT molecular complexity index is 1120. The third-order valence-corrected chi connectivity index (χ3v) is 6.79. The van der Waals surface area contributed by atoms with Crippen LogP contribution in [0.1, 0.15) is 44.9 Å². The Hall–Kier alpha value is -2.52. The molecule has 0 saturated carbocycles. The van der Waals surface area contributed by atoms with Crippen LogP contribution in [0.25, 0.3) is 11.3 Å². The highest BCUT2D eigenvalue weighted by molar-refractivity contribution is 9.10. The fraction of sp³-hybridized carbons (Fsp3) is 0.375. The van der Waals surface area contributed by atoms with E-state index in [2.05, 4.69) is 38.4 Å². The van der Waals surface area contributed by atoms with Crippen LogP contribution in [-0.2, 0) is 0 Å². The molecule has 0 unspecified atom stereocenters. The van der Waals surface area contributed by atoms with Crippen LogP contribution in [0.3, 0.4) is 0 Å². The number of fused-ring (bicyclic) bond motifs is 3. The molecule has 0 fully saturated rings. The minimum Gasteiger partial charge on any atom is -0.493 e. The third kappa shape index (κ3) is 5.35. The van der Waals surface area contributed by atoms with Crippen LogP contribution in [0, 0.1) is 0 Å². The molecule has 0 bridgehead atoms. The Balaban J connectivity index is 1.73. The number of aromatic nitrogens is 3. The maximum absolute atomic E-state index is 6.42. The van der Waals surface area contributed by atoms with E-state index in [1.165, 1.54) is 12.8 Å². The molecule has 1 N–H and O–H groups in total. The predicted octanol–water partition coefficient (Wildman–Crippen LogP) is 6.49. The van der Waals surface area contributed by atoms with Gasteiger partial charge in [-0.3, -0.25) is 0 Å². The topological polar surface area (TPSA) is 78.4 Å². The molecule has 7 nitrogen and oxygen atoms in total. The second kappa shape index (κ2) is 11.1. The van der Waals surface area contributed by atoms with Gasteiger partial charge in [0.15, 0.2) is 23.4 Å². The number of rotatable bonds is 9. The number of ether oxygens (including phenoxy) is 3. The van der Waals surface area contributed by atoms with Crippen molar-refractivity contribution in [1.29, 1.82) is 0 Å². The largest absolute Gasteiger partial charge is 0.493 e. The third-order valence-electron chi connectivity index (χ3n) is 5.18. The second-order valence-electron chi connectivity index (χ2n) is 7.45. The normalized spacial score (nSPS) is 14.4. The highest BCUT2D eigenvalue weighted by Crippen LogP contribution is 2.43. The lowest BCUT2D eigenvalue weighted by Gasteiger charge is -2.22. The molecule has 0 spiro atoms. The molecule has 1 aromatic heterocycles. The van der Waals surface area contributed by atoms with Gasteiger partial charge in [0.05, 0.1) is 13.7 Å². The first-order valence-electron chi connectivity index (χ1n) is 11.0. The predicted molar refractivity (Wildman–Crippen MR) is 134 cm³/mol. The lowest BCUT2D eigenvalue weighted by atomic mass is 10.1. The molecule has 1 aliphatic rings.